The Bertz CT molecular complexity index is 312. The summed E-state index contributed by atoms with van der Waals surface area (Å²) in [5.41, 5.74) is -0.428. The summed E-state index contributed by atoms with van der Waals surface area (Å²) in [6, 6.07) is 0.576. The van der Waals surface area contributed by atoms with Crippen molar-refractivity contribution in [3.63, 3.8) is 0 Å². The van der Waals surface area contributed by atoms with E-state index in [4.69, 9.17) is 4.74 Å². The molecule has 0 heterocycles. The lowest BCUT2D eigenvalue weighted by Gasteiger charge is -2.27. The predicted octanol–water partition coefficient (Wildman–Crippen LogP) is 4.68. The summed E-state index contributed by atoms with van der Waals surface area (Å²) in [5.74, 6) is 1.42. The molecule has 0 bridgehead atoms. The van der Waals surface area contributed by atoms with Crippen LogP contribution in [0.25, 0.3) is 0 Å². The lowest BCUT2D eigenvalue weighted by atomic mass is 9.95. The molecule has 0 rings (SSSR count). The topological polar surface area (TPSA) is 41.6 Å². The van der Waals surface area contributed by atoms with E-state index in [0.29, 0.717) is 24.4 Å². The number of carbonyl (C=O) groups excluding carboxylic acids is 1. The minimum absolute atomic E-state index is 0.207. The maximum absolute atomic E-state index is 12.1. The summed E-state index contributed by atoms with van der Waals surface area (Å²) < 4.78 is 5.44. The minimum Gasteiger partial charge on any atom is -0.444 e. The number of carbonyl (C=O) groups is 1. The largest absolute Gasteiger partial charge is 0.444 e. The van der Waals surface area contributed by atoms with E-state index in [0.717, 1.165) is 19.5 Å². The zero-order chi connectivity index (χ0) is 18.0. The normalized spacial score (nSPS) is 12.3. The smallest absolute Gasteiger partial charge is 0.410 e. The first-order valence-electron chi connectivity index (χ1n) is 9.26. The Morgan fingerprint density at radius 1 is 1.09 bits per heavy atom. The molecular formula is C19H40N2O2. The summed E-state index contributed by atoms with van der Waals surface area (Å²) in [7, 11) is 0. The molecule has 0 aliphatic rings. The average Bonchev–Trinajstić information content (AvgIpc) is 2.34. The molecule has 0 atom stereocenters. The maximum atomic E-state index is 12.1. The summed E-state index contributed by atoms with van der Waals surface area (Å²) >= 11 is 0. The molecule has 4 heteroatoms. The number of nitrogens with zero attached hydrogens (tertiary/aromatic N) is 1. The van der Waals surface area contributed by atoms with Gasteiger partial charge in [-0.05, 0) is 65.3 Å². The number of amides is 1. The Morgan fingerprint density at radius 3 is 2.00 bits per heavy atom. The van der Waals surface area contributed by atoms with Crippen LogP contribution in [-0.4, -0.2) is 42.3 Å². The molecule has 0 fully saturated rings. The highest BCUT2D eigenvalue weighted by Gasteiger charge is 2.20. The molecule has 0 aliphatic heterocycles. The quantitative estimate of drug-likeness (QED) is 0.592. The van der Waals surface area contributed by atoms with Gasteiger partial charge in [-0.3, -0.25) is 0 Å². The number of rotatable bonds is 10. The van der Waals surface area contributed by atoms with Gasteiger partial charge < -0.3 is 15.0 Å². The SMILES string of the molecule is CCN(CCCNC(CC(C)C)CC(C)C)C(=O)OC(C)(C)C. The van der Waals surface area contributed by atoms with Crippen molar-refractivity contribution in [2.45, 2.75) is 86.3 Å². The van der Waals surface area contributed by atoms with Crippen LogP contribution in [0.2, 0.25) is 0 Å². The molecule has 0 saturated carbocycles. The van der Waals surface area contributed by atoms with Crippen molar-refractivity contribution in [1.82, 2.24) is 10.2 Å². The molecule has 23 heavy (non-hydrogen) atoms. The molecule has 0 spiro atoms. The lowest BCUT2D eigenvalue weighted by Crippen LogP contribution is -2.39. The summed E-state index contributed by atoms with van der Waals surface area (Å²) in [6.07, 6.45) is 3.17. The van der Waals surface area contributed by atoms with Gasteiger partial charge in [0.2, 0.25) is 0 Å². The minimum atomic E-state index is -0.428. The van der Waals surface area contributed by atoms with Crippen LogP contribution < -0.4 is 5.32 Å². The van der Waals surface area contributed by atoms with E-state index in [-0.39, 0.29) is 6.09 Å². The standard InChI is InChI=1S/C19H40N2O2/c1-9-21(18(22)23-19(6,7)8)12-10-11-20-17(13-15(2)3)14-16(4)5/h15-17,20H,9-14H2,1-8H3. The third kappa shape index (κ3) is 12.3. The van der Waals surface area contributed by atoms with Gasteiger partial charge in [0.25, 0.3) is 0 Å². The first-order valence-corrected chi connectivity index (χ1v) is 9.26. The summed E-state index contributed by atoms with van der Waals surface area (Å²) in [5, 5.41) is 3.67. The van der Waals surface area contributed by atoms with Crippen molar-refractivity contribution < 1.29 is 9.53 Å². The monoisotopic (exact) mass is 328 g/mol. The number of hydrogen-bond acceptors (Lipinski definition) is 3. The molecule has 0 saturated heterocycles. The summed E-state index contributed by atoms with van der Waals surface area (Å²) in [4.78, 5) is 13.9. The van der Waals surface area contributed by atoms with Crippen LogP contribution in [0.1, 0.15) is 74.7 Å². The van der Waals surface area contributed by atoms with E-state index in [1.54, 1.807) is 4.90 Å². The van der Waals surface area contributed by atoms with Crippen molar-refractivity contribution >= 4 is 6.09 Å². The van der Waals surface area contributed by atoms with E-state index in [2.05, 4.69) is 33.0 Å². The number of ether oxygens (including phenoxy) is 1. The molecule has 0 aromatic heterocycles. The molecule has 0 aliphatic carbocycles. The van der Waals surface area contributed by atoms with Crippen LogP contribution >= 0.6 is 0 Å². The van der Waals surface area contributed by atoms with Crippen molar-refractivity contribution in [2.24, 2.45) is 11.8 Å². The molecule has 0 aromatic carbocycles. The second kappa shape index (κ2) is 10.9. The Morgan fingerprint density at radius 2 is 1.61 bits per heavy atom. The molecule has 1 N–H and O–H groups in total. The second-order valence-electron chi connectivity index (χ2n) is 8.32. The molecule has 138 valence electrons. The highest BCUT2D eigenvalue weighted by atomic mass is 16.6. The van der Waals surface area contributed by atoms with E-state index in [1.807, 2.05) is 27.7 Å². The lowest BCUT2D eigenvalue weighted by molar-refractivity contribution is 0.0258. The van der Waals surface area contributed by atoms with Gasteiger partial charge in [-0.1, -0.05) is 27.7 Å². The van der Waals surface area contributed by atoms with Crippen molar-refractivity contribution in [1.29, 1.82) is 0 Å². The average molecular weight is 329 g/mol. The first-order chi connectivity index (χ1) is 10.5. The fraction of sp³-hybridized carbons (Fsp3) is 0.947. The van der Waals surface area contributed by atoms with Gasteiger partial charge in [0.1, 0.15) is 5.60 Å². The second-order valence-corrected chi connectivity index (χ2v) is 8.32. The van der Waals surface area contributed by atoms with Crippen LogP contribution in [0.3, 0.4) is 0 Å². The van der Waals surface area contributed by atoms with Crippen LogP contribution in [-0.2, 0) is 4.74 Å². The molecular weight excluding hydrogens is 288 g/mol. The molecule has 4 nitrogen and oxygen atoms in total. The van der Waals surface area contributed by atoms with Crippen LogP contribution in [0, 0.1) is 11.8 Å². The summed E-state index contributed by atoms with van der Waals surface area (Å²) in [6.45, 7) is 19.2. The fourth-order valence-electron chi connectivity index (χ4n) is 2.68. The Labute approximate surface area is 144 Å². The third-order valence-corrected chi connectivity index (χ3v) is 3.58. The molecule has 1 amide bonds. The van der Waals surface area contributed by atoms with Gasteiger partial charge in [0.05, 0.1) is 0 Å². The van der Waals surface area contributed by atoms with E-state index < -0.39 is 5.60 Å². The number of hydrogen-bond donors (Lipinski definition) is 1. The zero-order valence-corrected chi connectivity index (χ0v) is 16.7. The highest BCUT2D eigenvalue weighted by Crippen LogP contribution is 2.13. The Hall–Kier alpha value is -0.770. The van der Waals surface area contributed by atoms with Gasteiger partial charge in [0, 0.05) is 19.1 Å². The Kier molecular flexibility index (Phi) is 10.5. The van der Waals surface area contributed by atoms with Crippen LogP contribution in [0.15, 0.2) is 0 Å². The third-order valence-electron chi connectivity index (χ3n) is 3.58. The molecule has 0 radical (unpaired) electrons. The predicted molar refractivity (Wildman–Crippen MR) is 98.8 cm³/mol. The van der Waals surface area contributed by atoms with E-state index >= 15 is 0 Å². The van der Waals surface area contributed by atoms with Crippen molar-refractivity contribution in [3.8, 4) is 0 Å². The Balaban J connectivity index is 4.20. The number of nitrogens with one attached hydrogen (secondary N) is 1. The maximum Gasteiger partial charge on any atom is 0.410 e. The van der Waals surface area contributed by atoms with Gasteiger partial charge >= 0.3 is 6.09 Å². The van der Waals surface area contributed by atoms with Gasteiger partial charge in [-0.2, -0.15) is 0 Å². The van der Waals surface area contributed by atoms with Crippen LogP contribution in [0.4, 0.5) is 4.79 Å². The fourth-order valence-corrected chi connectivity index (χ4v) is 2.68. The van der Waals surface area contributed by atoms with Gasteiger partial charge in [0.15, 0.2) is 0 Å². The first kappa shape index (κ1) is 22.2. The van der Waals surface area contributed by atoms with E-state index in [9.17, 15) is 4.79 Å². The van der Waals surface area contributed by atoms with Crippen molar-refractivity contribution in [3.05, 3.63) is 0 Å². The van der Waals surface area contributed by atoms with E-state index in [1.165, 1.54) is 12.8 Å². The molecule has 0 aromatic rings. The zero-order valence-electron chi connectivity index (χ0n) is 16.7. The van der Waals surface area contributed by atoms with Gasteiger partial charge in [-0.15, -0.1) is 0 Å². The van der Waals surface area contributed by atoms with Gasteiger partial charge in [-0.25, -0.2) is 4.79 Å². The molecule has 0 unspecified atom stereocenters. The van der Waals surface area contributed by atoms with Crippen LogP contribution in [0.5, 0.6) is 0 Å². The van der Waals surface area contributed by atoms with Crippen molar-refractivity contribution in [2.75, 3.05) is 19.6 Å². The highest BCUT2D eigenvalue weighted by molar-refractivity contribution is 5.68.